The number of para-hydroxylation sites is 1. The van der Waals surface area contributed by atoms with Crippen LogP contribution in [0.3, 0.4) is 0 Å². The summed E-state index contributed by atoms with van der Waals surface area (Å²) in [5, 5.41) is 3.45. The molecule has 1 N–H and O–H groups in total. The molecule has 0 aromatic heterocycles. The fourth-order valence-electron chi connectivity index (χ4n) is 2.47. The molecule has 130 valence electrons. The normalized spacial score (nSPS) is 10.7. The van der Waals surface area contributed by atoms with Gasteiger partial charge in [0.1, 0.15) is 5.75 Å². The van der Waals surface area contributed by atoms with Gasteiger partial charge in [0.15, 0.2) is 11.5 Å². The lowest BCUT2D eigenvalue weighted by Crippen LogP contribution is -2.14. The van der Waals surface area contributed by atoms with Gasteiger partial charge in [0.25, 0.3) is 0 Å². The largest absolute Gasteiger partial charge is 0.493 e. The van der Waals surface area contributed by atoms with Crippen molar-refractivity contribution < 1.29 is 14.2 Å². The molecule has 0 fully saturated rings. The molecule has 2 aromatic carbocycles. The van der Waals surface area contributed by atoms with E-state index in [9.17, 15) is 0 Å². The molecule has 2 aromatic rings. The zero-order valence-electron chi connectivity index (χ0n) is 15.0. The van der Waals surface area contributed by atoms with Gasteiger partial charge in [0, 0.05) is 18.7 Å². The fraction of sp³-hybridized carbons (Fsp3) is 0.400. The van der Waals surface area contributed by atoms with Crippen molar-refractivity contribution in [2.24, 2.45) is 0 Å². The Bertz CT molecular complexity index is 623. The molecule has 4 heteroatoms. The van der Waals surface area contributed by atoms with Crippen molar-refractivity contribution in [3.8, 4) is 17.2 Å². The lowest BCUT2D eigenvalue weighted by atomic mass is 10.1. The third-order valence-corrected chi connectivity index (χ3v) is 3.51. The van der Waals surface area contributed by atoms with Crippen LogP contribution in [-0.4, -0.2) is 19.8 Å². The van der Waals surface area contributed by atoms with E-state index >= 15 is 0 Å². The Hall–Kier alpha value is -2.20. The predicted molar refractivity (Wildman–Crippen MR) is 96.9 cm³/mol. The molecule has 0 heterocycles. The Morgan fingerprint density at radius 2 is 1.75 bits per heavy atom. The first-order chi connectivity index (χ1) is 11.6. The lowest BCUT2D eigenvalue weighted by molar-refractivity contribution is 0.242. The van der Waals surface area contributed by atoms with Crippen LogP contribution in [0.4, 0.5) is 0 Å². The quantitative estimate of drug-likeness (QED) is 0.749. The monoisotopic (exact) mass is 329 g/mol. The third-order valence-electron chi connectivity index (χ3n) is 3.51. The standard InChI is InChI=1S/C20H27NO3/c1-5-23-20-17(7-6-8-19(20)22-4)14-21-13-16-9-11-18(12-10-16)24-15(2)3/h6-12,15,21H,5,13-14H2,1-4H3. The van der Waals surface area contributed by atoms with E-state index in [-0.39, 0.29) is 6.10 Å². The number of rotatable bonds is 9. The number of nitrogens with one attached hydrogen (secondary N) is 1. The summed E-state index contributed by atoms with van der Waals surface area (Å²) in [5.41, 5.74) is 2.31. The SMILES string of the molecule is CCOc1c(CNCc2ccc(OC(C)C)cc2)cccc1OC. The van der Waals surface area contributed by atoms with Gasteiger partial charge in [-0.05, 0) is 44.5 Å². The highest BCUT2D eigenvalue weighted by Crippen LogP contribution is 2.31. The van der Waals surface area contributed by atoms with Crippen LogP contribution in [0.2, 0.25) is 0 Å². The van der Waals surface area contributed by atoms with Crippen LogP contribution < -0.4 is 19.5 Å². The highest BCUT2D eigenvalue weighted by molar-refractivity contribution is 5.46. The summed E-state index contributed by atoms with van der Waals surface area (Å²) in [6.45, 7) is 8.15. The summed E-state index contributed by atoms with van der Waals surface area (Å²) in [5.74, 6) is 2.49. The molecular weight excluding hydrogens is 302 g/mol. The summed E-state index contributed by atoms with van der Waals surface area (Å²) in [7, 11) is 1.66. The van der Waals surface area contributed by atoms with Gasteiger partial charge >= 0.3 is 0 Å². The highest BCUT2D eigenvalue weighted by Gasteiger charge is 2.09. The summed E-state index contributed by atoms with van der Waals surface area (Å²) >= 11 is 0. The molecule has 2 rings (SSSR count). The molecule has 0 aliphatic heterocycles. The average molecular weight is 329 g/mol. The minimum Gasteiger partial charge on any atom is -0.493 e. The van der Waals surface area contributed by atoms with Crippen molar-refractivity contribution in [3.05, 3.63) is 53.6 Å². The Morgan fingerprint density at radius 3 is 2.38 bits per heavy atom. The molecule has 24 heavy (non-hydrogen) atoms. The van der Waals surface area contributed by atoms with Gasteiger partial charge in [-0.15, -0.1) is 0 Å². The number of hydrogen-bond acceptors (Lipinski definition) is 4. The molecule has 0 saturated heterocycles. The third kappa shape index (κ3) is 5.17. The molecule has 0 atom stereocenters. The first-order valence-electron chi connectivity index (χ1n) is 8.39. The maximum Gasteiger partial charge on any atom is 0.165 e. The zero-order valence-corrected chi connectivity index (χ0v) is 15.0. The minimum absolute atomic E-state index is 0.194. The van der Waals surface area contributed by atoms with Gasteiger partial charge in [0.2, 0.25) is 0 Å². The van der Waals surface area contributed by atoms with Crippen molar-refractivity contribution in [3.63, 3.8) is 0 Å². The first kappa shape index (κ1) is 18.1. The molecule has 0 bridgehead atoms. The van der Waals surface area contributed by atoms with E-state index < -0.39 is 0 Å². The first-order valence-corrected chi connectivity index (χ1v) is 8.39. The maximum absolute atomic E-state index is 5.73. The van der Waals surface area contributed by atoms with Gasteiger partial charge in [-0.25, -0.2) is 0 Å². The van der Waals surface area contributed by atoms with Crippen LogP contribution in [0.1, 0.15) is 31.9 Å². The van der Waals surface area contributed by atoms with Gasteiger partial charge in [0.05, 0.1) is 19.8 Å². The van der Waals surface area contributed by atoms with E-state index in [0.29, 0.717) is 6.61 Å². The van der Waals surface area contributed by atoms with Crippen molar-refractivity contribution in [2.45, 2.75) is 40.0 Å². The second-order valence-electron chi connectivity index (χ2n) is 5.80. The van der Waals surface area contributed by atoms with E-state index in [2.05, 4.69) is 23.5 Å². The second kappa shape index (κ2) is 9.18. The summed E-state index contributed by atoms with van der Waals surface area (Å²) < 4.78 is 16.8. The van der Waals surface area contributed by atoms with Crippen LogP contribution >= 0.6 is 0 Å². The van der Waals surface area contributed by atoms with Crippen molar-refractivity contribution >= 4 is 0 Å². The maximum atomic E-state index is 5.73. The molecular formula is C20H27NO3. The fourth-order valence-corrected chi connectivity index (χ4v) is 2.47. The van der Waals surface area contributed by atoms with Gasteiger partial charge in [-0.1, -0.05) is 24.3 Å². The molecule has 0 radical (unpaired) electrons. The highest BCUT2D eigenvalue weighted by atomic mass is 16.5. The Morgan fingerprint density at radius 1 is 1.00 bits per heavy atom. The Kier molecular flexibility index (Phi) is 6.94. The number of ether oxygens (including phenoxy) is 3. The predicted octanol–water partition coefficient (Wildman–Crippen LogP) is 4.17. The van der Waals surface area contributed by atoms with Crippen LogP contribution in [0.25, 0.3) is 0 Å². The van der Waals surface area contributed by atoms with E-state index in [1.807, 2.05) is 45.0 Å². The number of methoxy groups -OCH3 is 1. The molecule has 0 aliphatic rings. The minimum atomic E-state index is 0.194. The molecule has 0 unspecified atom stereocenters. The van der Waals surface area contributed by atoms with Crippen molar-refractivity contribution in [2.75, 3.05) is 13.7 Å². The van der Waals surface area contributed by atoms with Crippen molar-refractivity contribution in [1.29, 1.82) is 0 Å². The van der Waals surface area contributed by atoms with Gasteiger partial charge in [-0.2, -0.15) is 0 Å². The second-order valence-corrected chi connectivity index (χ2v) is 5.80. The average Bonchev–Trinajstić information content (AvgIpc) is 2.57. The van der Waals surface area contributed by atoms with E-state index in [4.69, 9.17) is 14.2 Å². The zero-order chi connectivity index (χ0) is 17.4. The van der Waals surface area contributed by atoms with Gasteiger partial charge < -0.3 is 19.5 Å². The topological polar surface area (TPSA) is 39.7 Å². The van der Waals surface area contributed by atoms with Crippen molar-refractivity contribution in [1.82, 2.24) is 5.32 Å². The summed E-state index contributed by atoms with van der Waals surface area (Å²) in [4.78, 5) is 0. The number of benzene rings is 2. The number of hydrogen-bond donors (Lipinski definition) is 1. The molecule has 0 saturated carbocycles. The van der Waals surface area contributed by atoms with Crippen LogP contribution in [0, 0.1) is 0 Å². The Balaban J connectivity index is 1.94. The van der Waals surface area contributed by atoms with E-state index in [1.54, 1.807) is 7.11 Å². The lowest BCUT2D eigenvalue weighted by Gasteiger charge is -2.15. The van der Waals surface area contributed by atoms with Crippen LogP contribution in [0.15, 0.2) is 42.5 Å². The smallest absolute Gasteiger partial charge is 0.165 e. The van der Waals surface area contributed by atoms with Crippen LogP contribution in [-0.2, 0) is 13.1 Å². The van der Waals surface area contributed by atoms with Crippen LogP contribution in [0.5, 0.6) is 17.2 Å². The van der Waals surface area contributed by atoms with E-state index in [0.717, 1.165) is 35.9 Å². The molecule has 0 aliphatic carbocycles. The molecule has 4 nitrogen and oxygen atoms in total. The summed E-state index contributed by atoms with van der Waals surface area (Å²) in [6.07, 6.45) is 0.194. The summed E-state index contributed by atoms with van der Waals surface area (Å²) in [6, 6.07) is 14.1. The van der Waals surface area contributed by atoms with Gasteiger partial charge in [-0.3, -0.25) is 0 Å². The molecule has 0 amide bonds. The molecule has 0 spiro atoms. The Labute approximate surface area is 144 Å². The van der Waals surface area contributed by atoms with E-state index in [1.165, 1.54) is 5.56 Å².